The van der Waals surface area contributed by atoms with Crippen LogP contribution in [0.2, 0.25) is 0 Å². The molecule has 2 heterocycles. The van der Waals surface area contributed by atoms with Gasteiger partial charge in [-0.2, -0.15) is 5.10 Å². The molecule has 140 valence electrons. The van der Waals surface area contributed by atoms with E-state index < -0.39 is 10.0 Å². The standard InChI is InChI=1S/C19H19N3O4S/c1-13-19(14(2)22(21-13)16-6-4-3-5-7-16)27(23,24)20-11-15-8-9-17-18(10-15)26-12-25-17/h3-10,20H,11-12H2,1-2H3. The van der Waals surface area contributed by atoms with Crippen LogP contribution in [0.25, 0.3) is 5.69 Å². The highest BCUT2D eigenvalue weighted by Crippen LogP contribution is 2.32. The Kier molecular flexibility index (Phi) is 4.37. The zero-order chi connectivity index (χ0) is 19.0. The first-order valence-corrected chi connectivity index (χ1v) is 9.94. The summed E-state index contributed by atoms with van der Waals surface area (Å²) in [5.74, 6) is 1.29. The lowest BCUT2D eigenvalue weighted by atomic mass is 10.2. The van der Waals surface area contributed by atoms with Crippen LogP contribution in [0.3, 0.4) is 0 Å². The van der Waals surface area contributed by atoms with Crippen LogP contribution in [0, 0.1) is 13.8 Å². The average Bonchev–Trinajstić information content (AvgIpc) is 3.24. The number of para-hydroxylation sites is 1. The van der Waals surface area contributed by atoms with Gasteiger partial charge in [0.05, 0.1) is 17.1 Å². The van der Waals surface area contributed by atoms with Gasteiger partial charge in [0.25, 0.3) is 0 Å². The van der Waals surface area contributed by atoms with Crippen LogP contribution < -0.4 is 14.2 Å². The van der Waals surface area contributed by atoms with Gasteiger partial charge in [-0.15, -0.1) is 0 Å². The Bertz CT molecular complexity index is 1090. The van der Waals surface area contributed by atoms with E-state index >= 15 is 0 Å². The Balaban J connectivity index is 1.60. The van der Waals surface area contributed by atoms with Crippen LogP contribution in [0.4, 0.5) is 0 Å². The predicted molar refractivity (Wildman–Crippen MR) is 99.6 cm³/mol. The second-order valence-electron chi connectivity index (χ2n) is 6.26. The van der Waals surface area contributed by atoms with Crippen molar-refractivity contribution in [3.63, 3.8) is 0 Å². The number of aryl methyl sites for hydroxylation is 1. The third-order valence-electron chi connectivity index (χ3n) is 4.40. The normalized spacial score (nSPS) is 13.1. The van der Waals surface area contributed by atoms with Gasteiger partial charge in [-0.05, 0) is 43.7 Å². The van der Waals surface area contributed by atoms with Crippen molar-refractivity contribution in [2.24, 2.45) is 0 Å². The van der Waals surface area contributed by atoms with E-state index in [1.54, 1.807) is 30.7 Å². The lowest BCUT2D eigenvalue weighted by Crippen LogP contribution is -2.24. The Labute approximate surface area is 157 Å². The molecule has 0 bridgehead atoms. The molecular formula is C19H19N3O4S. The molecule has 0 saturated carbocycles. The molecule has 0 saturated heterocycles. The van der Waals surface area contributed by atoms with Crippen molar-refractivity contribution < 1.29 is 17.9 Å². The first-order chi connectivity index (χ1) is 13.0. The van der Waals surface area contributed by atoms with Crippen molar-refractivity contribution in [1.82, 2.24) is 14.5 Å². The van der Waals surface area contributed by atoms with Crippen LogP contribution in [-0.4, -0.2) is 25.0 Å². The maximum Gasteiger partial charge on any atom is 0.244 e. The van der Waals surface area contributed by atoms with Crippen LogP contribution in [-0.2, 0) is 16.6 Å². The molecule has 1 aliphatic rings. The Morgan fingerprint density at radius 1 is 1.07 bits per heavy atom. The number of aromatic nitrogens is 2. The highest BCUT2D eigenvalue weighted by Gasteiger charge is 2.25. The van der Waals surface area contributed by atoms with E-state index in [0.29, 0.717) is 22.9 Å². The summed E-state index contributed by atoms with van der Waals surface area (Å²) in [4.78, 5) is 0.201. The number of hydrogen-bond acceptors (Lipinski definition) is 5. The van der Waals surface area contributed by atoms with Gasteiger partial charge in [0.2, 0.25) is 16.8 Å². The van der Waals surface area contributed by atoms with Gasteiger partial charge in [-0.1, -0.05) is 24.3 Å². The number of benzene rings is 2. The molecule has 0 spiro atoms. The molecule has 1 aliphatic heterocycles. The van der Waals surface area contributed by atoms with E-state index in [9.17, 15) is 8.42 Å². The van der Waals surface area contributed by atoms with E-state index in [0.717, 1.165) is 11.3 Å². The summed E-state index contributed by atoms with van der Waals surface area (Å²) in [5.41, 5.74) is 2.62. The molecule has 0 fully saturated rings. The minimum absolute atomic E-state index is 0.147. The molecule has 8 heteroatoms. The van der Waals surface area contributed by atoms with Crippen molar-refractivity contribution in [3.05, 3.63) is 65.5 Å². The average molecular weight is 385 g/mol. The van der Waals surface area contributed by atoms with Crippen LogP contribution >= 0.6 is 0 Å². The van der Waals surface area contributed by atoms with Crippen LogP contribution in [0.1, 0.15) is 17.0 Å². The lowest BCUT2D eigenvalue weighted by molar-refractivity contribution is 0.174. The van der Waals surface area contributed by atoms with Gasteiger partial charge in [0, 0.05) is 6.54 Å². The van der Waals surface area contributed by atoms with Crippen molar-refractivity contribution in [3.8, 4) is 17.2 Å². The largest absolute Gasteiger partial charge is 0.454 e. The van der Waals surface area contributed by atoms with E-state index in [4.69, 9.17) is 9.47 Å². The third-order valence-corrected chi connectivity index (χ3v) is 6.05. The van der Waals surface area contributed by atoms with E-state index in [1.807, 2.05) is 36.4 Å². The van der Waals surface area contributed by atoms with Crippen molar-refractivity contribution >= 4 is 10.0 Å². The fraction of sp³-hybridized carbons (Fsp3) is 0.211. The van der Waals surface area contributed by atoms with Gasteiger partial charge in [-0.25, -0.2) is 17.8 Å². The fourth-order valence-corrected chi connectivity index (χ4v) is 4.55. The summed E-state index contributed by atoms with van der Waals surface area (Å²) in [6.45, 7) is 3.78. The van der Waals surface area contributed by atoms with Crippen LogP contribution in [0.15, 0.2) is 53.4 Å². The van der Waals surface area contributed by atoms with Crippen LogP contribution in [0.5, 0.6) is 11.5 Å². The minimum atomic E-state index is -3.73. The maximum atomic E-state index is 12.9. The van der Waals surface area contributed by atoms with Gasteiger partial charge >= 0.3 is 0 Å². The first kappa shape index (κ1) is 17.6. The number of fused-ring (bicyclic) bond motifs is 1. The first-order valence-electron chi connectivity index (χ1n) is 8.45. The Morgan fingerprint density at radius 3 is 2.59 bits per heavy atom. The highest BCUT2D eigenvalue weighted by atomic mass is 32.2. The van der Waals surface area contributed by atoms with Gasteiger partial charge in [-0.3, -0.25) is 0 Å². The van der Waals surface area contributed by atoms with E-state index in [1.165, 1.54) is 0 Å². The highest BCUT2D eigenvalue weighted by molar-refractivity contribution is 7.89. The maximum absolute atomic E-state index is 12.9. The smallest absolute Gasteiger partial charge is 0.244 e. The van der Waals surface area contributed by atoms with Crippen molar-refractivity contribution in [1.29, 1.82) is 0 Å². The second kappa shape index (κ2) is 6.71. The SMILES string of the molecule is Cc1nn(-c2ccccc2)c(C)c1S(=O)(=O)NCc1ccc2c(c1)OCO2. The topological polar surface area (TPSA) is 82.5 Å². The van der Waals surface area contributed by atoms with Crippen molar-refractivity contribution in [2.75, 3.05) is 6.79 Å². The monoisotopic (exact) mass is 385 g/mol. The Morgan fingerprint density at radius 2 is 1.81 bits per heavy atom. The third kappa shape index (κ3) is 3.29. The molecule has 4 rings (SSSR count). The molecule has 0 radical (unpaired) electrons. The summed E-state index contributed by atoms with van der Waals surface area (Å²) in [7, 11) is -3.73. The van der Waals surface area contributed by atoms with E-state index in [-0.39, 0.29) is 18.2 Å². The second-order valence-corrected chi connectivity index (χ2v) is 7.96. The zero-order valence-corrected chi connectivity index (χ0v) is 15.8. The number of hydrogen-bond donors (Lipinski definition) is 1. The van der Waals surface area contributed by atoms with E-state index in [2.05, 4.69) is 9.82 Å². The zero-order valence-electron chi connectivity index (χ0n) is 15.0. The molecule has 0 amide bonds. The van der Waals surface area contributed by atoms with Crippen molar-refractivity contribution in [2.45, 2.75) is 25.3 Å². The molecule has 0 unspecified atom stereocenters. The molecule has 27 heavy (non-hydrogen) atoms. The number of nitrogens with zero attached hydrogens (tertiary/aromatic N) is 2. The molecule has 7 nitrogen and oxygen atoms in total. The molecular weight excluding hydrogens is 366 g/mol. The summed E-state index contributed by atoms with van der Waals surface area (Å²) in [6.07, 6.45) is 0. The molecule has 2 aromatic carbocycles. The number of rotatable bonds is 5. The molecule has 1 aromatic heterocycles. The molecule has 0 atom stereocenters. The van der Waals surface area contributed by atoms with Gasteiger partial charge in [0.1, 0.15) is 4.90 Å². The predicted octanol–water partition coefficient (Wildman–Crippen LogP) is 2.70. The molecule has 0 aliphatic carbocycles. The summed E-state index contributed by atoms with van der Waals surface area (Å²) >= 11 is 0. The minimum Gasteiger partial charge on any atom is -0.454 e. The quantitative estimate of drug-likeness (QED) is 0.730. The molecule has 3 aromatic rings. The fourth-order valence-electron chi connectivity index (χ4n) is 3.14. The van der Waals surface area contributed by atoms with Gasteiger partial charge < -0.3 is 9.47 Å². The Hall–Kier alpha value is -2.84. The summed E-state index contributed by atoms with van der Waals surface area (Å²) in [6, 6.07) is 14.8. The molecule has 1 N–H and O–H groups in total. The number of ether oxygens (including phenoxy) is 2. The number of nitrogens with one attached hydrogen (secondary N) is 1. The number of sulfonamides is 1. The summed E-state index contributed by atoms with van der Waals surface area (Å²) in [5, 5.41) is 4.41. The van der Waals surface area contributed by atoms with Gasteiger partial charge in [0.15, 0.2) is 11.5 Å². The lowest BCUT2D eigenvalue weighted by Gasteiger charge is -2.09. The summed E-state index contributed by atoms with van der Waals surface area (Å²) < 4.78 is 40.7.